The number of furan rings is 1. The Labute approximate surface area is 142 Å². The van der Waals surface area contributed by atoms with Gasteiger partial charge in [0.15, 0.2) is 5.76 Å². The van der Waals surface area contributed by atoms with Gasteiger partial charge in [0.25, 0.3) is 0 Å². The molecule has 0 aliphatic rings. The Morgan fingerprint density at radius 3 is 2.74 bits per heavy atom. The van der Waals surface area contributed by atoms with Crippen molar-refractivity contribution in [3.63, 3.8) is 0 Å². The zero-order chi connectivity index (χ0) is 16.4. The van der Waals surface area contributed by atoms with Crippen LogP contribution < -0.4 is 10.1 Å². The van der Waals surface area contributed by atoms with E-state index in [1.807, 2.05) is 31.2 Å². The molecule has 118 valence electrons. The van der Waals surface area contributed by atoms with Gasteiger partial charge in [0, 0.05) is 17.5 Å². The van der Waals surface area contributed by atoms with E-state index in [2.05, 4.69) is 21.2 Å². The summed E-state index contributed by atoms with van der Waals surface area (Å²) in [5.41, 5.74) is 1.97. The molecule has 0 amide bonds. The van der Waals surface area contributed by atoms with E-state index >= 15 is 0 Å². The number of nitrogens with one attached hydrogen (secondary N) is 1. The predicted molar refractivity (Wildman–Crippen MR) is 94.5 cm³/mol. The quantitative estimate of drug-likeness (QED) is 0.648. The number of ether oxygens (including phenoxy) is 1. The monoisotopic (exact) mass is 373 g/mol. The van der Waals surface area contributed by atoms with E-state index in [0.717, 1.165) is 15.5 Å². The molecular formula is C18H16BrNO3. The Morgan fingerprint density at radius 2 is 2.04 bits per heavy atom. The van der Waals surface area contributed by atoms with Gasteiger partial charge in [-0.1, -0.05) is 12.1 Å². The highest BCUT2D eigenvalue weighted by molar-refractivity contribution is 9.10. The molecule has 3 rings (SSSR count). The summed E-state index contributed by atoms with van der Waals surface area (Å²) in [5, 5.41) is 4.14. The van der Waals surface area contributed by atoms with Gasteiger partial charge in [-0.3, -0.25) is 4.79 Å². The number of para-hydroxylation sites is 1. The second-order valence-electron chi connectivity index (χ2n) is 5.01. The van der Waals surface area contributed by atoms with E-state index in [-0.39, 0.29) is 5.78 Å². The molecule has 1 aromatic heterocycles. The van der Waals surface area contributed by atoms with Crippen molar-refractivity contribution in [3.05, 3.63) is 58.3 Å². The molecule has 1 heterocycles. The molecule has 0 bridgehead atoms. The number of hydrogen-bond donors (Lipinski definition) is 1. The first-order valence-corrected chi connectivity index (χ1v) is 8.08. The lowest BCUT2D eigenvalue weighted by molar-refractivity contribution is 0.101. The van der Waals surface area contributed by atoms with Crippen LogP contribution >= 0.6 is 15.9 Å². The van der Waals surface area contributed by atoms with Crippen molar-refractivity contribution in [2.75, 3.05) is 19.0 Å². The minimum absolute atomic E-state index is 0.166. The van der Waals surface area contributed by atoms with Gasteiger partial charge in [-0.25, -0.2) is 0 Å². The smallest absolute Gasteiger partial charge is 0.230 e. The fourth-order valence-corrected chi connectivity index (χ4v) is 3.04. The van der Waals surface area contributed by atoms with Gasteiger partial charge in [-0.05, 0) is 53.2 Å². The molecule has 0 saturated heterocycles. The largest absolute Gasteiger partial charge is 0.496 e. The zero-order valence-corrected chi connectivity index (χ0v) is 14.4. The summed E-state index contributed by atoms with van der Waals surface area (Å²) >= 11 is 3.41. The van der Waals surface area contributed by atoms with Crippen molar-refractivity contribution in [2.24, 2.45) is 0 Å². The molecule has 23 heavy (non-hydrogen) atoms. The topological polar surface area (TPSA) is 51.5 Å². The minimum Gasteiger partial charge on any atom is -0.496 e. The summed E-state index contributed by atoms with van der Waals surface area (Å²) in [6.07, 6.45) is 0. The zero-order valence-electron chi connectivity index (χ0n) is 12.9. The molecule has 0 aliphatic carbocycles. The molecule has 0 spiro atoms. The number of fused-ring (bicyclic) bond motifs is 1. The molecule has 0 radical (unpaired) electrons. The van der Waals surface area contributed by atoms with Crippen LogP contribution in [-0.2, 0) is 0 Å². The third-order valence-corrected chi connectivity index (χ3v) is 4.19. The highest BCUT2D eigenvalue weighted by Crippen LogP contribution is 2.33. The highest BCUT2D eigenvalue weighted by Gasteiger charge is 2.22. The SMILES string of the molecule is CCNc1c(C(=O)c2ccc(OC)c(Br)c2)oc2ccccc12. The highest BCUT2D eigenvalue weighted by atomic mass is 79.9. The molecule has 0 saturated carbocycles. The fourth-order valence-electron chi connectivity index (χ4n) is 2.50. The van der Waals surface area contributed by atoms with Gasteiger partial charge in [0.1, 0.15) is 11.3 Å². The van der Waals surface area contributed by atoms with Crippen molar-refractivity contribution in [2.45, 2.75) is 6.92 Å². The molecule has 3 aromatic rings. The van der Waals surface area contributed by atoms with Crippen molar-refractivity contribution >= 4 is 38.4 Å². The summed E-state index contributed by atoms with van der Waals surface area (Å²) in [4.78, 5) is 12.9. The maximum atomic E-state index is 12.9. The summed E-state index contributed by atoms with van der Waals surface area (Å²) in [6, 6.07) is 12.8. The average Bonchev–Trinajstić information content (AvgIpc) is 2.93. The van der Waals surface area contributed by atoms with E-state index in [1.54, 1.807) is 25.3 Å². The molecule has 0 atom stereocenters. The van der Waals surface area contributed by atoms with E-state index in [1.165, 1.54) is 0 Å². The first kappa shape index (κ1) is 15.6. The summed E-state index contributed by atoms with van der Waals surface area (Å²) < 4.78 is 11.7. The molecule has 1 N–H and O–H groups in total. The van der Waals surface area contributed by atoms with Crippen LogP contribution in [0, 0.1) is 0 Å². The number of rotatable bonds is 5. The van der Waals surface area contributed by atoms with Crippen LogP contribution in [-0.4, -0.2) is 19.4 Å². The maximum Gasteiger partial charge on any atom is 0.230 e. The molecule has 5 heteroatoms. The first-order chi connectivity index (χ1) is 11.2. The Hall–Kier alpha value is -2.27. The number of hydrogen-bond acceptors (Lipinski definition) is 4. The predicted octanol–water partition coefficient (Wildman–Crippen LogP) is 4.87. The molecule has 4 nitrogen and oxygen atoms in total. The van der Waals surface area contributed by atoms with Crippen LogP contribution in [0.3, 0.4) is 0 Å². The Morgan fingerprint density at radius 1 is 1.26 bits per heavy atom. The van der Waals surface area contributed by atoms with Gasteiger partial charge in [-0.15, -0.1) is 0 Å². The molecule has 0 aliphatic heterocycles. The van der Waals surface area contributed by atoms with E-state index in [9.17, 15) is 4.79 Å². The first-order valence-electron chi connectivity index (χ1n) is 7.29. The fraction of sp³-hybridized carbons (Fsp3) is 0.167. The van der Waals surface area contributed by atoms with Crippen molar-refractivity contribution in [1.82, 2.24) is 0 Å². The van der Waals surface area contributed by atoms with E-state index < -0.39 is 0 Å². The number of methoxy groups -OCH3 is 1. The lowest BCUT2D eigenvalue weighted by Gasteiger charge is -2.06. The molecule has 0 fully saturated rings. The van der Waals surface area contributed by atoms with Crippen LogP contribution in [0.15, 0.2) is 51.4 Å². The molecule has 0 unspecified atom stereocenters. The number of anilines is 1. The Balaban J connectivity index is 2.10. The lowest BCUT2D eigenvalue weighted by atomic mass is 10.1. The number of benzene rings is 2. The second kappa shape index (κ2) is 6.46. The third kappa shape index (κ3) is 2.84. The van der Waals surface area contributed by atoms with Crippen molar-refractivity contribution in [3.8, 4) is 5.75 Å². The van der Waals surface area contributed by atoms with Crippen LogP contribution in [0.25, 0.3) is 11.0 Å². The van der Waals surface area contributed by atoms with Crippen LogP contribution in [0.2, 0.25) is 0 Å². The number of ketones is 1. The van der Waals surface area contributed by atoms with Crippen LogP contribution in [0.5, 0.6) is 5.75 Å². The van der Waals surface area contributed by atoms with Crippen molar-refractivity contribution < 1.29 is 13.9 Å². The summed E-state index contributed by atoms with van der Waals surface area (Å²) in [6.45, 7) is 2.69. The Kier molecular flexibility index (Phi) is 4.39. The lowest BCUT2D eigenvalue weighted by Crippen LogP contribution is -2.05. The van der Waals surface area contributed by atoms with Gasteiger partial charge < -0.3 is 14.5 Å². The van der Waals surface area contributed by atoms with Gasteiger partial charge >= 0.3 is 0 Å². The normalized spacial score (nSPS) is 10.7. The average molecular weight is 374 g/mol. The van der Waals surface area contributed by atoms with Gasteiger partial charge in [0.2, 0.25) is 5.78 Å². The second-order valence-corrected chi connectivity index (χ2v) is 5.87. The van der Waals surface area contributed by atoms with E-state index in [0.29, 0.717) is 29.2 Å². The van der Waals surface area contributed by atoms with Gasteiger partial charge in [-0.2, -0.15) is 0 Å². The van der Waals surface area contributed by atoms with Gasteiger partial charge in [0.05, 0.1) is 17.3 Å². The van der Waals surface area contributed by atoms with Crippen molar-refractivity contribution in [1.29, 1.82) is 0 Å². The minimum atomic E-state index is -0.166. The Bertz CT molecular complexity index is 870. The van der Waals surface area contributed by atoms with E-state index in [4.69, 9.17) is 9.15 Å². The van der Waals surface area contributed by atoms with Crippen LogP contribution in [0.4, 0.5) is 5.69 Å². The molecule has 2 aromatic carbocycles. The summed E-state index contributed by atoms with van der Waals surface area (Å²) in [5.74, 6) is 0.837. The number of carbonyl (C=O) groups is 1. The molecular weight excluding hydrogens is 358 g/mol. The third-order valence-electron chi connectivity index (χ3n) is 3.57. The summed E-state index contributed by atoms with van der Waals surface area (Å²) in [7, 11) is 1.59. The number of halogens is 1. The number of carbonyl (C=O) groups excluding carboxylic acids is 1. The standard InChI is InChI=1S/C18H16BrNO3/c1-3-20-16-12-6-4-5-7-14(12)23-18(16)17(21)11-8-9-15(22-2)13(19)10-11/h4-10,20H,3H2,1-2H3. The maximum absolute atomic E-state index is 12.9. The van der Waals surface area contributed by atoms with Crippen LogP contribution in [0.1, 0.15) is 23.0 Å².